The molecule has 0 aliphatic heterocycles. The first-order valence-electron chi connectivity index (χ1n) is 6.89. The van der Waals surface area contributed by atoms with Crippen molar-refractivity contribution in [2.75, 3.05) is 5.32 Å². The smallest absolute Gasteiger partial charge is 0.335 e. The van der Waals surface area contributed by atoms with Crippen LogP contribution in [0.2, 0.25) is 0 Å². The van der Waals surface area contributed by atoms with E-state index in [1.165, 1.54) is 0 Å². The van der Waals surface area contributed by atoms with E-state index in [-0.39, 0.29) is 5.41 Å². The molecule has 5 nitrogen and oxygen atoms in total. The number of carboxylic acid groups (broad SMARTS) is 1. The lowest BCUT2D eigenvalue weighted by atomic mass is 9.89. The highest BCUT2D eigenvalue weighted by Gasteiger charge is 2.19. The normalized spacial score (nSPS) is 11.4. The van der Waals surface area contributed by atoms with Gasteiger partial charge in [0.05, 0.1) is 11.8 Å². The summed E-state index contributed by atoms with van der Waals surface area (Å²) in [6.45, 7) is 8.86. The highest BCUT2D eigenvalue weighted by molar-refractivity contribution is 5.89. The van der Waals surface area contributed by atoms with Gasteiger partial charge in [0, 0.05) is 28.9 Å². The van der Waals surface area contributed by atoms with Crippen molar-refractivity contribution in [1.82, 2.24) is 10.2 Å². The minimum atomic E-state index is -0.916. The van der Waals surface area contributed by atoms with Gasteiger partial charge in [0.1, 0.15) is 0 Å². The number of anilines is 1. The Bertz CT molecular complexity index is 654. The molecule has 112 valence electrons. The summed E-state index contributed by atoms with van der Waals surface area (Å²) < 4.78 is 0. The lowest BCUT2D eigenvalue weighted by Crippen LogP contribution is -2.15. The van der Waals surface area contributed by atoms with Crippen molar-refractivity contribution >= 4 is 11.7 Å². The molecule has 0 spiro atoms. The molecule has 1 heterocycles. The van der Waals surface area contributed by atoms with Crippen molar-refractivity contribution < 1.29 is 9.90 Å². The molecule has 5 heteroatoms. The molecule has 21 heavy (non-hydrogen) atoms. The predicted octanol–water partition coefficient (Wildman–Crippen LogP) is 3.33. The molecule has 0 fully saturated rings. The van der Waals surface area contributed by atoms with Crippen LogP contribution < -0.4 is 5.32 Å². The van der Waals surface area contributed by atoms with Gasteiger partial charge in [-0.25, -0.2) is 4.79 Å². The highest BCUT2D eigenvalue weighted by Crippen LogP contribution is 2.24. The number of carboxylic acids is 1. The summed E-state index contributed by atoms with van der Waals surface area (Å²) in [5, 5.41) is 19.5. The molecule has 0 bridgehead atoms. The van der Waals surface area contributed by atoms with E-state index >= 15 is 0 Å². The second kappa shape index (κ2) is 5.60. The molecule has 2 rings (SSSR count). The molecule has 1 aromatic carbocycles. The molecule has 1 aromatic heterocycles. The van der Waals surface area contributed by atoms with Gasteiger partial charge in [0.2, 0.25) is 0 Å². The third-order valence-corrected chi connectivity index (χ3v) is 3.28. The van der Waals surface area contributed by atoms with Crippen LogP contribution in [0.4, 0.5) is 5.69 Å². The summed E-state index contributed by atoms with van der Waals surface area (Å²) in [4.78, 5) is 11.1. The number of aromatic amines is 1. The van der Waals surface area contributed by atoms with Gasteiger partial charge in [0.15, 0.2) is 0 Å². The predicted molar refractivity (Wildman–Crippen MR) is 82.8 cm³/mol. The maximum Gasteiger partial charge on any atom is 0.335 e. The summed E-state index contributed by atoms with van der Waals surface area (Å²) in [5.41, 5.74) is 4.17. The van der Waals surface area contributed by atoms with Crippen molar-refractivity contribution in [3.63, 3.8) is 0 Å². The van der Waals surface area contributed by atoms with Crippen LogP contribution in [0.5, 0.6) is 0 Å². The number of hydrogen-bond donors (Lipinski definition) is 3. The molecular weight excluding hydrogens is 266 g/mol. The number of H-pyrrole nitrogens is 1. The summed E-state index contributed by atoms with van der Waals surface area (Å²) in [7, 11) is 0. The van der Waals surface area contributed by atoms with Crippen LogP contribution in [0.25, 0.3) is 0 Å². The van der Waals surface area contributed by atoms with Gasteiger partial charge in [-0.05, 0) is 30.7 Å². The lowest BCUT2D eigenvalue weighted by Gasteiger charge is -2.19. The summed E-state index contributed by atoms with van der Waals surface area (Å²) in [5.74, 6) is -0.916. The summed E-state index contributed by atoms with van der Waals surface area (Å²) >= 11 is 0. The van der Waals surface area contributed by atoms with Crippen LogP contribution in [0.1, 0.15) is 48.0 Å². The van der Waals surface area contributed by atoms with Crippen LogP contribution in [0, 0.1) is 6.92 Å². The van der Waals surface area contributed by atoms with Gasteiger partial charge in [0.25, 0.3) is 0 Å². The van der Waals surface area contributed by atoms with E-state index in [4.69, 9.17) is 5.11 Å². The second-order valence-corrected chi connectivity index (χ2v) is 6.27. The van der Waals surface area contributed by atoms with E-state index in [9.17, 15) is 4.79 Å². The van der Waals surface area contributed by atoms with Crippen LogP contribution in [-0.4, -0.2) is 21.3 Å². The third kappa shape index (κ3) is 3.62. The Hall–Kier alpha value is -2.30. The fourth-order valence-corrected chi connectivity index (χ4v) is 2.30. The van der Waals surface area contributed by atoms with Gasteiger partial charge < -0.3 is 10.4 Å². The number of aromatic carboxylic acids is 1. The molecule has 0 aliphatic rings. The standard InChI is InChI=1S/C16H21N3O2/c1-10-5-11(15(20)21)7-13(6-10)17-8-12-9-18-19-14(12)16(2,3)4/h5-7,9,17H,8H2,1-4H3,(H,18,19)(H,20,21). The number of carbonyl (C=O) groups is 1. The number of hydrogen-bond acceptors (Lipinski definition) is 3. The van der Waals surface area contributed by atoms with Crippen molar-refractivity contribution in [3.8, 4) is 0 Å². The van der Waals surface area contributed by atoms with E-state index < -0.39 is 5.97 Å². The van der Waals surface area contributed by atoms with Crippen LogP contribution >= 0.6 is 0 Å². The molecule has 3 N–H and O–H groups in total. The largest absolute Gasteiger partial charge is 0.478 e. The van der Waals surface area contributed by atoms with Crippen molar-refractivity contribution in [2.24, 2.45) is 0 Å². The molecule has 0 aliphatic carbocycles. The maximum atomic E-state index is 11.1. The molecular formula is C16H21N3O2. The molecule has 0 atom stereocenters. The van der Waals surface area contributed by atoms with Crippen molar-refractivity contribution in [2.45, 2.75) is 39.7 Å². The number of aromatic nitrogens is 2. The molecule has 2 aromatic rings. The van der Waals surface area contributed by atoms with Gasteiger partial charge in [-0.15, -0.1) is 0 Å². The van der Waals surface area contributed by atoms with E-state index in [0.717, 1.165) is 22.5 Å². The summed E-state index contributed by atoms with van der Waals surface area (Å²) in [6.07, 6.45) is 1.81. The zero-order valence-corrected chi connectivity index (χ0v) is 12.8. The van der Waals surface area contributed by atoms with E-state index in [1.54, 1.807) is 12.1 Å². The minimum Gasteiger partial charge on any atom is -0.478 e. The fraction of sp³-hybridized carbons (Fsp3) is 0.375. The van der Waals surface area contributed by atoms with Gasteiger partial charge in [-0.2, -0.15) is 5.10 Å². The first kappa shape index (κ1) is 15.1. The third-order valence-electron chi connectivity index (χ3n) is 3.28. The first-order chi connectivity index (χ1) is 9.77. The molecule has 0 saturated carbocycles. The van der Waals surface area contributed by atoms with Crippen molar-refractivity contribution in [3.05, 3.63) is 46.8 Å². The monoisotopic (exact) mass is 287 g/mol. The molecule has 0 saturated heterocycles. The Labute approximate surface area is 124 Å². The van der Waals surface area contributed by atoms with Crippen LogP contribution in [-0.2, 0) is 12.0 Å². The molecule has 0 amide bonds. The van der Waals surface area contributed by atoms with E-state index in [0.29, 0.717) is 12.1 Å². The summed E-state index contributed by atoms with van der Waals surface area (Å²) in [6, 6.07) is 5.24. The van der Waals surface area contributed by atoms with Gasteiger partial charge in [-0.1, -0.05) is 20.8 Å². The average molecular weight is 287 g/mol. The highest BCUT2D eigenvalue weighted by atomic mass is 16.4. The zero-order valence-electron chi connectivity index (χ0n) is 12.8. The Morgan fingerprint density at radius 2 is 2.05 bits per heavy atom. The Kier molecular flexibility index (Phi) is 4.02. The SMILES string of the molecule is Cc1cc(NCc2cn[nH]c2C(C)(C)C)cc(C(=O)O)c1. The average Bonchev–Trinajstić information content (AvgIpc) is 2.83. The van der Waals surface area contributed by atoms with E-state index in [2.05, 4.69) is 36.3 Å². The van der Waals surface area contributed by atoms with Crippen LogP contribution in [0.3, 0.4) is 0 Å². The number of benzene rings is 1. The number of aryl methyl sites for hydroxylation is 1. The molecule has 0 radical (unpaired) electrons. The quantitative estimate of drug-likeness (QED) is 0.806. The fourth-order valence-electron chi connectivity index (χ4n) is 2.30. The Morgan fingerprint density at radius 3 is 2.67 bits per heavy atom. The van der Waals surface area contributed by atoms with Gasteiger partial charge in [-0.3, -0.25) is 5.10 Å². The Morgan fingerprint density at radius 1 is 1.33 bits per heavy atom. The van der Waals surface area contributed by atoms with Crippen molar-refractivity contribution in [1.29, 1.82) is 0 Å². The first-order valence-corrected chi connectivity index (χ1v) is 6.89. The lowest BCUT2D eigenvalue weighted by molar-refractivity contribution is 0.0697. The Balaban J connectivity index is 2.18. The maximum absolute atomic E-state index is 11.1. The number of nitrogens with zero attached hydrogens (tertiary/aromatic N) is 1. The second-order valence-electron chi connectivity index (χ2n) is 6.27. The topological polar surface area (TPSA) is 78.0 Å². The van der Waals surface area contributed by atoms with Crippen LogP contribution in [0.15, 0.2) is 24.4 Å². The molecule has 0 unspecified atom stereocenters. The van der Waals surface area contributed by atoms with Gasteiger partial charge >= 0.3 is 5.97 Å². The minimum absolute atomic E-state index is 0.00760. The number of nitrogens with one attached hydrogen (secondary N) is 2. The zero-order chi connectivity index (χ0) is 15.6. The number of rotatable bonds is 4. The van der Waals surface area contributed by atoms with E-state index in [1.807, 2.05) is 19.2 Å².